The second kappa shape index (κ2) is 6.51. The molecule has 3 rings (SSSR count). The molecule has 1 saturated heterocycles. The summed E-state index contributed by atoms with van der Waals surface area (Å²) in [6, 6.07) is 20.7. The maximum absolute atomic E-state index is 12.2. The van der Waals surface area contributed by atoms with Gasteiger partial charge in [-0.2, -0.15) is 0 Å². The molecule has 0 saturated carbocycles. The summed E-state index contributed by atoms with van der Waals surface area (Å²) in [5.74, 6) is 0.366. The molecule has 2 atom stereocenters. The van der Waals surface area contributed by atoms with E-state index in [1.807, 2.05) is 58.0 Å². The fourth-order valence-electron chi connectivity index (χ4n) is 2.38. The van der Waals surface area contributed by atoms with E-state index in [1.165, 1.54) is 11.1 Å². The van der Waals surface area contributed by atoms with Gasteiger partial charge in [-0.1, -0.05) is 82.3 Å². The van der Waals surface area contributed by atoms with Crippen LogP contribution in [-0.4, -0.2) is 5.78 Å². The summed E-state index contributed by atoms with van der Waals surface area (Å²) in [7, 11) is 3.68. The summed E-state index contributed by atoms with van der Waals surface area (Å²) in [5.41, 5.74) is 2.51. The van der Waals surface area contributed by atoms with Gasteiger partial charge in [0.05, 0.1) is 0 Å². The zero-order valence-electron chi connectivity index (χ0n) is 11.1. The van der Waals surface area contributed by atoms with E-state index < -0.39 is 0 Å². The minimum absolute atomic E-state index is 0.280. The third-order valence-corrected chi connectivity index (χ3v) is 6.64. The second-order valence-electron chi connectivity index (χ2n) is 4.94. The van der Waals surface area contributed by atoms with E-state index >= 15 is 0 Å². The summed E-state index contributed by atoms with van der Waals surface area (Å²) in [4.78, 5) is 12.2. The Labute approximate surface area is 127 Å². The van der Waals surface area contributed by atoms with Crippen LogP contribution in [0.4, 0.5) is 0 Å². The highest BCUT2D eigenvalue weighted by molar-refractivity contribution is 8.76. The number of benzene rings is 2. The summed E-state index contributed by atoms with van der Waals surface area (Å²) < 4.78 is 0. The van der Waals surface area contributed by atoms with Crippen LogP contribution in [0.5, 0.6) is 0 Å². The van der Waals surface area contributed by atoms with Crippen molar-refractivity contribution in [2.75, 3.05) is 0 Å². The molecule has 0 amide bonds. The summed E-state index contributed by atoms with van der Waals surface area (Å²) in [6.07, 6.45) is 1.29. The van der Waals surface area contributed by atoms with Crippen LogP contribution in [0.1, 0.15) is 34.5 Å². The molecule has 0 aliphatic carbocycles. The number of hydrogen-bond donors (Lipinski definition) is 0. The monoisotopic (exact) mass is 300 g/mol. The average molecular weight is 300 g/mol. The quantitative estimate of drug-likeness (QED) is 0.708. The van der Waals surface area contributed by atoms with Gasteiger partial charge in [0.15, 0.2) is 0 Å². The lowest BCUT2D eigenvalue weighted by Gasteiger charge is -2.14. The number of Topliss-reactive ketones (excluding diaryl/α,β-unsaturated/α-hetero) is 1. The Hall–Kier alpha value is -1.19. The number of rotatable bonds is 2. The highest BCUT2D eigenvalue weighted by atomic mass is 33.1. The topological polar surface area (TPSA) is 17.1 Å². The van der Waals surface area contributed by atoms with Crippen molar-refractivity contribution in [1.29, 1.82) is 0 Å². The molecule has 102 valence electrons. The molecule has 3 heteroatoms. The van der Waals surface area contributed by atoms with Crippen molar-refractivity contribution in [2.45, 2.75) is 23.3 Å². The smallest absolute Gasteiger partial charge is 0.135 e. The molecule has 1 fully saturated rings. The minimum Gasteiger partial charge on any atom is -0.300 e. The fraction of sp³-hybridized carbons (Fsp3) is 0.235. The predicted molar refractivity (Wildman–Crippen MR) is 87.8 cm³/mol. The lowest BCUT2D eigenvalue weighted by atomic mass is 10.0. The lowest BCUT2D eigenvalue weighted by Crippen LogP contribution is -2.04. The van der Waals surface area contributed by atoms with Gasteiger partial charge in [-0.25, -0.2) is 0 Å². The van der Waals surface area contributed by atoms with Gasteiger partial charge in [0, 0.05) is 23.3 Å². The van der Waals surface area contributed by atoms with Gasteiger partial charge >= 0.3 is 0 Å². The van der Waals surface area contributed by atoms with Crippen molar-refractivity contribution < 1.29 is 4.79 Å². The first-order valence-electron chi connectivity index (χ1n) is 6.76. The summed E-state index contributed by atoms with van der Waals surface area (Å²) in [5, 5.41) is 0.560. The van der Waals surface area contributed by atoms with Crippen molar-refractivity contribution >= 4 is 27.4 Å². The van der Waals surface area contributed by atoms with Crippen LogP contribution in [0.2, 0.25) is 0 Å². The van der Waals surface area contributed by atoms with Crippen molar-refractivity contribution in [2.24, 2.45) is 0 Å². The Morgan fingerprint density at radius 3 is 1.50 bits per heavy atom. The highest BCUT2D eigenvalue weighted by Gasteiger charge is 2.27. The number of carbonyl (C=O) groups excluding carboxylic acids is 1. The molecule has 1 aliphatic heterocycles. The molecule has 0 N–H and O–H groups in total. The molecule has 2 aromatic carbocycles. The first kappa shape index (κ1) is 13.8. The fourth-order valence-corrected chi connectivity index (χ4v) is 5.57. The van der Waals surface area contributed by atoms with Crippen LogP contribution >= 0.6 is 21.6 Å². The largest absolute Gasteiger partial charge is 0.300 e. The van der Waals surface area contributed by atoms with Gasteiger partial charge in [-0.3, -0.25) is 4.79 Å². The summed E-state index contributed by atoms with van der Waals surface area (Å²) >= 11 is 0. The van der Waals surface area contributed by atoms with Crippen molar-refractivity contribution in [3.63, 3.8) is 0 Å². The van der Waals surface area contributed by atoms with Gasteiger partial charge in [0.25, 0.3) is 0 Å². The normalized spacial score (nSPS) is 23.3. The maximum Gasteiger partial charge on any atom is 0.135 e. The third kappa shape index (κ3) is 3.28. The minimum atomic E-state index is 0.280. The van der Waals surface area contributed by atoms with Crippen LogP contribution in [0.15, 0.2) is 60.7 Å². The second-order valence-corrected chi connectivity index (χ2v) is 7.62. The molecular formula is C17H16OS2. The van der Waals surface area contributed by atoms with Crippen LogP contribution in [0, 0.1) is 0 Å². The maximum atomic E-state index is 12.2. The van der Waals surface area contributed by atoms with E-state index in [1.54, 1.807) is 0 Å². The van der Waals surface area contributed by atoms with E-state index in [0.717, 1.165) is 0 Å². The van der Waals surface area contributed by atoms with Crippen molar-refractivity contribution in [3.05, 3.63) is 71.8 Å². The van der Waals surface area contributed by atoms with Gasteiger partial charge in [0.1, 0.15) is 5.78 Å². The summed E-state index contributed by atoms with van der Waals surface area (Å²) in [6.45, 7) is 0. The Morgan fingerprint density at radius 2 is 1.10 bits per heavy atom. The third-order valence-electron chi connectivity index (χ3n) is 3.46. The number of carbonyl (C=O) groups is 1. The van der Waals surface area contributed by atoms with Crippen molar-refractivity contribution in [3.8, 4) is 0 Å². The Balaban J connectivity index is 1.77. The van der Waals surface area contributed by atoms with E-state index in [2.05, 4.69) is 24.3 Å². The van der Waals surface area contributed by atoms with E-state index in [0.29, 0.717) is 18.6 Å². The van der Waals surface area contributed by atoms with Crippen LogP contribution < -0.4 is 0 Å². The van der Waals surface area contributed by atoms with E-state index in [-0.39, 0.29) is 10.5 Å². The van der Waals surface area contributed by atoms with Crippen LogP contribution in [-0.2, 0) is 4.79 Å². The van der Waals surface area contributed by atoms with Crippen LogP contribution in [0.3, 0.4) is 0 Å². The predicted octanol–water partition coefficient (Wildman–Crippen LogP) is 5.21. The molecule has 0 bridgehead atoms. The van der Waals surface area contributed by atoms with Gasteiger partial charge in [0.2, 0.25) is 0 Å². The van der Waals surface area contributed by atoms with Gasteiger partial charge in [-0.05, 0) is 11.1 Å². The lowest BCUT2D eigenvalue weighted by molar-refractivity contribution is -0.119. The Morgan fingerprint density at radius 1 is 0.700 bits per heavy atom. The highest BCUT2D eigenvalue weighted by Crippen LogP contribution is 2.51. The molecule has 0 radical (unpaired) electrons. The van der Waals surface area contributed by atoms with Crippen molar-refractivity contribution in [1.82, 2.24) is 0 Å². The van der Waals surface area contributed by atoms with Crippen LogP contribution in [0.25, 0.3) is 0 Å². The van der Waals surface area contributed by atoms with E-state index in [9.17, 15) is 4.79 Å². The molecule has 1 nitrogen and oxygen atoms in total. The standard InChI is InChI=1S/C17H16OS2/c18-15-11-16(13-7-3-1-4-8-13)19-20-17(12-15)14-9-5-2-6-10-14/h1-10,16-17H,11-12H2/t16-,17-/m1/s1. The zero-order valence-corrected chi connectivity index (χ0v) is 12.7. The Bertz CT molecular complexity index is 517. The number of hydrogen-bond acceptors (Lipinski definition) is 3. The Kier molecular flexibility index (Phi) is 4.48. The molecule has 0 unspecified atom stereocenters. The molecule has 2 aromatic rings. The van der Waals surface area contributed by atoms with Gasteiger partial charge < -0.3 is 0 Å². The SMILES string of the molecule is O=C1C[C@H](c2ccccc2)SS[C@@H](c2ccccc2)C1. The van der Waals surface area contributed by atoms with E-state index in [4.69, 9.17) is 0 Å². The van der Waals surface area contributed by atoms with Gasteiger partial charge in [-0.15, -0.1) is 0 Å². The molecule has 0 spiro atoms. The molecule has 20 heavy (non-hydrogen) atoms. The number of ketones is 1. The molecule has 1 aliphatic rings. The first-order chi connectivity index (χ1) is 9.83. The first-order valence-corrected chi connectivity index (χ1v) is 9.04. The molecular weight excluding hydrogens is 284 g/mol. The average Bonchev–Trinajstić information content (AvgIpc) is 2.71. The molecule has 0 aromatic heterocycles. The zero-order chi connectivity index (χ0) is 13.8. The molecule has 1 heterocycles.